The number of nitrogens with zero attached hydrogens (tertiary/aromatic N) is 2. The zero-order valence-corrected chi connectivity index (χ0v) is 14.6. The number of amides is 1. The van der Waals surface area contributed by atoms with Crippen LogP contribution in [0.5, 0.6) is 0 Å². The molecule has 126 valence electrons. The van der Waals surface area contributed by atoms with Gasteiger partial charge in [-0.05, 0) is 42.7 Å². The molecule has 0 radical (unpaired) electrons. The third kappa shape index (κ3) is 4.73. The monoisotopic (exact) mass is 345 g/mol. The highest BCUT2D eigenvalue weighted by atomic mass is 32.2. The molecule has 6 nitrogen and oxygen atoms in total. The van der Waals surface area contributed by atoms with Crippen LogP contribution < -0.4 is 10.2 Å². The number of thioether (sulfide) groups is 1. The van der Waals surface area contributed by atoms with Crippen molar-refractivity contribution in [2.24, 2.45) is 0 Å². The molecule has 0 unspecified atom stereocenters. The van der Waals surface area contributed by atoms with E-state index in [4.69, 9.17) is 4.74 Å². The summed E-state index contributed by atoms with van der Waals surface area (Å²) in [5, 5.41) is 3.26. The molecule has 0 saturated carbocycles. The number of anilines is 2. The number of ether oxygens (including phenoxy) is 1. The molecule has 0 aliphatic rings. The van der Waals surface area contributed by atoms with Crippen LogP contribution in [0.25, 0.3) is 0 Å². The van der Waals surface area contributed by atoms with Gasteiger partial charge in [0.05, 0.1) is 5.56 Å². The van der Waals surface area contributed by atoms with Crippen LogP contribution in [0, 0.1) is 0 Å². The Morgan fingerprint density at radius 2 is 1.92 bits per heavy atom. The molecule has 1 aromatic carbocycles. The Morgan fingerprint density at radius 3 is 2.54 bits per heavy atom. The van der Waals surface area contributed by atoms with E-state index in [1.165, 1.54) is 11.8 Å². The third-order valence-corrected chi connectivity index (χ3v) is 3.90. The summed E-state index contributed by atoms with van der Waals surface area (Å²) < 4.78 is 5.05. The Bertz CT molecular complexity index is 717. The predicted octanol–water partition coefficient (Wildman–Crippen LogP) is 2.67. The van der Waals surface area contributed by atoms with Crippen LogP contribution in [0.15, 0.2) is 47.6 Å². The van der Waals surface area contributed by atoms with Gasteiger partial charge in [-0.3, -0.25) is 4.79 Å². The average molecular weight is 345 g/mol. The van der Waals surface area contributed by atoms with Gasteiger partial charge in [0, 0.05) is 31.7 Å². The molecule has 0 bridgehead atoms. The Morgan fingerprint density at radius 1 is 1.21 bits per heavy atom. The lowest BCUT2D eigenvalue weighted by Crippen LogP contribution is -2.21. The molecule has 1 N–H and O–H groups in total. The van der Waals surface area contributed by atoms with Gasteiger partial charge in [0.25, 0.3) is 5.91 Å². The standard InChI is InChI=1S/C17H19N3O3S/c1-20(2)13-8-6-12(7-9-13)19-15(21)11-23-17(22)14-5-4-10-18-16(14)24-3/h4-10H,11H2,1-3H3,(H,19,21). The number of carbonyl (C=O) groups is 2. The smallest absolute Gasteiger partial charge is 0.341 e. The maximum atomic E-state index is 12.0. The lowest BCUT2D eigenvalue weighted by Gasteiger charge is -2.13. The number of benzene rings is 1. The van der Waals surface area contributed by atoms with Gasteiger partial charge >= 0.3 is 5.97 Å². The van der Waals surface area contributed by atoms with Gasteiger partial charge in [0.1, 0.15) is 5.03 Å². The fourth-order valence-electron chi connectivity index (χ4n) is 1.96. The molecule has 0 fully saturated rings. The van der Waals surface area contributed by atoms with E-state index < -0.39 is 11.9 Å². The highest BCUT2D eigenvalue weighted by Crippen LogP contribution is 2.18. The van der Waals surface area contributed by atoms with Crippen molar-refractivity contribution in [3.05, 3.63) is 48.2 Å². The van der Waals surface area contributed by atoms with Crippen LogP contribution in [0.3, 0.4) is 0 Å². The van der Waals surface area contributed by atoms with Crippen LogP contribution in [-0.2, 0) is 9.53 Å². The van der Waals surface area contributed by atoms with Crippen molar-refractivity contribution < 1.29 is 14.3 Å². The number of carbonyl (C=O) groups excluding carboxylic acids is 2. The lowest BCUT2D eigenvalue weighted by molar-refractivity contribution is -0.119. The molecule has 1 aromatic heterocycles. The topological polar surface area (TPSA) is 71.5 Å². The minimum atomic E-state index is -0.564. The van der Waals surface area contributed by atoms with Crippen molar-refractivity contribution in [3.8, 4) is 0 Å². The minimum Gasteiger partial charge on any atom is -0.452 e. The van der Waals surface area contributed by atoms with Gasteiger partial charge in [-0.1, -0.05) is 0 Å². The molecule has 7 heteroatoms. The van der Waals surface area contributed by atoms with Gasteiger partial charge < -0.3 is 15.0 Å². The average Bonchev–Trinajstić information content (AvgIpc) is 2.60. The molecule has 0 aliphatic heterocycles. The van der Waals surface area contributed by atoms with Crippen molar-refractivity contribution in [1.82, 2.24) is 4.98 Å². The van der Waals surface area contributed by atoms with Crippen molar-refractivity contribution in [2.45, 2.75) is 5.03 Å². The summed E-state index contributed by atoms with van der Waals surface area (Å²) in [7, 11) is 3.88. The second kappa shape index (κ2) is 8.35. The first kappa shape index (κ1) is 17.8. The molecule has 0 spiro atoms. The highest BCUT2D eigenvalue weighted by molar-refractivity contribution is 7.98. The second-order valence-electron chi connectivity index (χ2n) is 5.13. The van der Waals surface area contributed by atoms with Crippen LogP contribution in [0.1, 0.15) is 10.4 Å². The van der Waals surface area contributed by atoms with Crippen LogP contribution >= 0.6 is 11.8 Å². The summed E-state index contributed by atoms with van der Waals surface area (Å²) in [6.45, 7) is -0.350. The first-order valence-corrected chi connectivity index (χ1v) is 8.47. The van der Waals surface area contributed by atoms with Gasteiger partial charge in [-0.25, -0.2) is 9.78 Å². The fraction of sp³-hybridized carbons (Fsp3) is 0.235. The molecule has 1 heterocycles. The first-order chi connectivity index (χ1) is 11.5. The summed E-state index contributed by atoms with van der Waals surface area (Å²) >= 11 is 1.35. The highest BCUT2D eigenvalue weighted by Gasteiger charge is 2.14. The molecule has 2 aromatic rings. The number of hydrogen-bond donors (Lipinski definition) is 1. The normalized spacial score (nSPS) is 10.1. The molecular weight excluding hydrogens is 326 g/mol. The van der Waals surface area contributed by atoms with Crippen LogP contribution in [0.2, 0.25) is 0 Å². The number of hydrogen-bond acceptors (Lipinski definition) is 6. The lowest BCUT2D eigenvalue weighted by atomic mass is 10.2. The van der Waals surface area contributed by atoms with Crippen molar-refractivity contribution >= 4 is 35.0 Å². The van der Waals surface area contributed by atoms with Crippen molar-refractivity contribution in [2.75, 3.05) is 37.2 Å². The zero-order chi connectivity index (χ0) is 17.5. The molecule has 0 saturated heterocycles. The van der Waals surface area contributed by atoms with Crippen molar-refractivity contribution in [1.29, 1.82) is 0 Å². The van der Waals surface area contributed by atoms with E-state index in [1.807, 2.05) is 37.4 Å². The first-order valence-electron chi connectivity index (χ1n) is 7.24. The summed E-state index contributed by atoms with van der Waals surface area (Å²) in [6.07, 6.45) is 3.43. The predicted molar refractivity (Wildman–Crippen MR) is 95.7 cm³/mol. The van der Waals surface area contributed by atoms with E-state index in [2.05, 4.69) is 10.3 Å². The largest absolute Gasteiger partial charge is 0.452 e. The zero-order valence-electron chi connectivity index (χ0n) is 13.8. The van der Waals surface area contributed by atoms with E-state index >= 15 is 0 Å². The van der Waals surface area contributed by atoms with Crippen LogP contribution in [0.4, 0.5) is 11.4 Å². The van der Waals surface area contributed by atoms with Gasteiger partial charge in [-0.2, -0.15) is 0 Å². The number of esters is 1. The van der Waals surface area contributed by atoms with E-state index in [-0.39, 0.29) is 6.61 Å². The molecule has 2 rings (SSSR count). The molecule has 1 amide bonds. The molecular formula is C17H19N3O3S. The van der Waals surface area contributed by atoms with Gasteiger partial charge in [0.15, 0.2) is 6.61 Å². The number of nitrogens with one attached hydrogen (secondary N) is 1. The van der Waals surface area contributed by atoms with Crippen molar-refractivity contribution in [3.63, 3.8) is 0 Å². The van der Waals surface area contributed by atoms with E-state index in [9.17, 15) is 9.59 Å². The molecule has 0 aliphatic carbocycles. The molecule has 0 atom stereocenters. The van der Waals surface area contributed by atoms with Gasteiger partial charge in [-0.15, -0.1) is 11.8 Å². The molecule has 24 heavy (non-hydrogen) atoms. The third-order valence-electron chi connectivity index (χ3n) is 3.19. The quantitative estimate of drug-likeness (QED) is 0.641. The Balaban J connectivity index is 1.89. The Kier molecular flexibility index (Phi) is 6.20. The number of pyridine rings is 1. The summed E-state index contributed by atoms with van der Waals surface area (Å²) in [5.74, 6) is -0.957. The van der Waals surface area contributed by atoms with Crippen LogP contribution in [-0.4, -0.2) is 43.8 Å². The van der Waals surface area contributed by atoms with E-state index in [0.29, 0.717) is 16.3 Å². The summed E-state index contributed by atoms with van der Waals surface area (Å²) in [6, 6.07) is 10.6. The Hall–Kier alpha value is -2.54. The number of aromatic nitrogens is 1. The summed E-state index contributed by atoms with van der Waals surface area (Å²) in [5.41, 5.74) is 2.03. The minimum absolute atomic E-state index is 0.350. The van der Waals surface area contributed by atoms with Gasteiger partial charge in [0.2, 0.25) is 0 Å². The van der Waals surface area contributed by atoms with E-state index in [0.717, 1.165) is 5.69 Å². The number of rotatable bonds is 6. The van der Waals surface area contributed by atoms with E-state index in [1.54, 1.807) is 30.5 Å². The maximum absolute atomic E-state index is 12.0. The maximum Gasteiger partial charge on any atom is 0.341 e. The fourth-order valence-corrected chi connectivity index (χ4v) is 2.50. The Labute approximate surface area is 145 Å². The SMILES string of the molecule is CSc1ncccc1C(=O)OCC(=O)Nc1ccc(N(C)C)cc1. The second-order valence-corrected chi connectivity index (χ2v) is 5.92. The summed E-state index contributed by atoms with van der Waals surface area (Å²) in [4.78, 5) is 30.0.